The van der Waals surface area contributed by atoms with E-state index in [1.807, 2.05) is 6.92 Å². The molecule has 3 heteroatoms. The SMILES string of the molecule is CC(C)CCC(C)(C)C(C)C(C)C([NH3+])=O.[I-]. The maximum Gasteiger partial charge on any atom is 0.311 e. The first-order chi connectivity index (χ1) is 6.68. The Morgan fingerprint density at radius 1 is 1.19 bits per heavy atom. The Morgan fingerprint density at radius 2 is 1.62 bits per heavy atom. The van der Waals surface area contributed by atoms with Crippen molar-refractivity contribution in [3.63, 3.8) is 0 Å². The van der Waals surface area contributed by atoms with Crippen molar-refractivity contribution in [3.8, 4) is 0 Å². The molecular weight excluding hydrogens is 313 g/mol. The fourth-order valence-electron chi connectivity index (χ4n) is 1.84. The van der Waals surface area contributed by atoms with Gasteiger partial charge in [-0.1, -0.05) is 41.0 Å². The number of rotatable bonds is 6. The predicted octanol–water partition coefficient (Wildman–Crippen LogP) is -0.506. The Morgan fingerprint density at radius 3 is 1.94 bits per heavy atom. The van der Waals surface area contributed by atoms with Crippen LogP contribution < -0.4 is 29.7 Å². The Bertz CT molecular complexity index is 214. The third kappa shape index (κ3) is 6.18. The Hall–Kier alpha value is 0.360. The van der Waals surface area contributed by atoms with E-state index in [9.17, 15) is 4.79 Å². The Kier molecular flexibility index (Phi) is 8.94. The van der Waals surface area contributed by atoms with E-state index in [-0.39, 0.29) is 41.2 Å². The van der Waals surface area contributed by atoms with Crippen LogP contribution in [0.1, 0.15) is 54.4 Å². The fourth-order valence-corrected chi connectivity index (χ4v) is 1.84. The van der Waals surface area contributed by atoms with Crippen molar-refractivity contribution in [2.75, 3.05) is 0 Å². The minimum Gasteiger partial charge on any atom is -1.00 e. The van der Waals surface area contributed by atoms with Crippen LogP contribution in [0, 0.1) is 23.2 Å². The van der Waals surface area contributed by atoms with E-state index in [2.05, 4.69) is 40.4 Å². The standard InChI is InChI=1S/C13H27NO.HI/c1-9(2)7-8-13(5,6)11(4)10(3)12(14)15;/h9-11H,7-8H2,1-6H3,(H2,14,15);1H. The van der Waals surface area contributed by atoms with E-state index < -0.39 is 0 Å². The fraction of sp³-hybridized carbons (Fsp3) is 0.923. The summed E-state index contributed by atoms with van der Waals surface area (Å²) in [6.07, 6.45) is 2.42. The number of hydrogen-bond donors (Lipinski definition) is 1. The monoisotopic (exact) mass is 341 g/mol. The molecule has 1 amide bonds. The van der Waals surface area contributed by atoms with Gasteiger partial charge in [0.05, 0.1) is 5.92 Å². The van der Waals surface area contributed by atoms with Crippen LogP contribution in [-0.2, 0) is 4.79 Å². The zero-order valence-electron chi connectivity index (χ0n) is 11.6. The van der Waals surface area contributed by atoms with Gasteiger partial charge >= 0.3 is 5.91 Å². The predicted molar refractivity (Wildman–Crippen MR) is 64.1 cm³/mol. The number of quaternary nitrogens is 1. The zero-order chi connectivity index (χ0) is 12.2. The van der Waals surface area contributed by atoms with Crippen molar-refractivity contribution in [2.24, 2.45) is 23.2 Å². The molecule has 3 N–H and O–H groups in total. The maximum atomic E-state index is 11.3. The Balaban J connectivity index is 0. The molecule has 2 nitrogen and oxygen atoms in total. The van der Waals surface area contributed by atoms with E-state index >= 15 is 0 Å². The molecule has 2 atom stereocenters. The lowest BCUT2D eigenvalue weighted by Crippen LogP contribution is -3.00. The topological polar surface area (TPSA) is 44.7 Å². The molecule has 98 valence electrons. The molecule has 2 unspecified atom stereocenters. The lowest BCUT2D eigenvalue weighted by atomic mass is 9.70. The first-order valence-corrected chi connectivity index (χ1v) is 6.04. The summed E-state index contributed by atoms with van der Waals surface area (Å²) in [5.41, 5.74) is 3.76. The van der Waals surface area contributed by atoms with Crippen molar-refractivity contribution < 1.29 is 34.5 Å². The van der Waals surface area contributed by atoms with Crippen LogP contribution in [0.5, 0.6) is 0 Å². The van der Waals surface area contributed by atoms with Gasteiger partial charge in [0.25, 0.3) is 0 Å². The van der Waals surface area contributed by atoms with Gasteiger partial charge in [-0.15, -0.1) is 0 Å². The van der Waals surface area contributed by atoms with Crippen LogP contribution in [0.3, 0.4) is 0 Å². The lowest BCUT2D eigenvalue weighted by molar-refractivity contribution is -0.313. The summed E-state index contributed by atoms with van der Waals surface area (Å²) < 4.78 is 0. The van der Waals surface area contributed by atoms with E-state index in [0.29, 0.717) is 5.92 Å². The summed E-state index contributed by atoms with van der Waals surface area (Å²) in [6, 6.07) is 0. The first kappa shape index (κ1) is 18.7. The largest absolute Gasteiger partial charge is 1.00 e. The third-order valence-corrected chi connectivity index (χ3v) is 3.86. The van der Waals surface area contributed by atoms with Gasteiger partial charge in [0, 0.05) is 0 Å². The highest BCUT2D eigenvalue weighted by atomic mass is 127. The van der Waals surface area contributed by atoms with Crippen LogP contribution in [0.25, 0.3) is 0 Å². The summed E-state index contributed by atoms with van der Waals surface area (Å²) in [7, 11) is 0. The van der Waals surface area contributed by atoms with Crippen molar-refractivity contribution in [2.45, 2.75) is 54.4 Å². The number of carbonyl (C=O) groups excluding carboxylic acids is 1. The summed E-state index contributed by atoms with van der Waals surface area (Å²) >= 11 is 0. The van der Waals surface area contributed by atoms with Gasteiger partial charge in [-0.05, 0) is 30.6 Å². The highest BCUT2D eigenvalue weighted by Gasteiger charge is 2.33. The smallest absolute Gasteiger partial charge is 0.311 e. The summed E-state index contributed by atoms with van der Waals surface area (Å²) in [4.78, 5) is 11.3. The van der Waals surface area contributed by atoms with E-state index in [4.69, 9.17) is 0 Å². The normalized spacial score (nSPS) is 15.5. The van der Waals surface area contributed by atoms with E-state index in [1.165, 1.54) is 12.8 Å². The van der Waals surface area contributed by atoms with Crippen molar-refractivity contribution in [1.29, 1.82) is 0 Å². The van der Waals surface area contributed by atoms with Crippen LogP contribution in [0.15, 0.2) is 0 Å². The van der Waals surface area contributed by atoms with Gasteiger partial charge in [0.2, 0.25) is 0 Å². The lowest BCUT2D eigenvalue weighted by Gasteiger charge is -2.34. The summed E-state index contributed by atoms with van der Waals surface area (Å²) in [5.74, 6) is 1.29. The molecule has 0 heterocycles. The maximum absolute atomic E-state index is 11.3. The molecular formula is C13H28INO. The second-order valence-electron chi connectivity index (χ2n) is 5.96. The molecule has 0 aliphatic carbocycles. The minimum absolute atomic E-state index is 0. The molecule has 0 aliphatic rings. The van der Waals surface area contributed by atoms with E-state index in [1.54, 1.807) is 0 Å². The molecule has 0 radical (unpaired) electrons. The average molecular weight is 341 g/mol. The highest BCUT2D eigenvalue weighted by molar-refractivity contribution is 5.67. The third-order valence-electron chi connectivity index (χ3n) is 3.86. The molecule has 0 aliphatic heterocycles. The van der Waals surface area contributed by atoms with Crippen LogP contribution in [0.2, 0.25) is 0 Å². The Labute approximate surface area is 118 Å². The van der Waals surface area contributed by atoms with Gasteiger partial charge in [0.1, 0.15) is 0 Å². The minimum atomic E-state index is 0. The van der Waals surface area contributed by atoms with Crippen LogP contribution >= 0.6 is 0 Å². The number of amides is 1. The zero-order valence-corrected chi connectivity index (χ0v) is 13.8. The first-order valence-electron chi connectivity index (χ1n) is 6.04. The molecule has 16 heavy (non-hydrogen) atoms. The second kappa shape index (κ2) is 7.64. The highest BCUT2D eigenvalue weighted by Crippen LogP contribution is 2.37. The molecule has 0 aromatic rings. The summed E-state index contributed by atoms with van der Waals surface area (Å²) in [6.45, 7) is 13.2. The van der Waals surface area contributed by atoms with Crippen molar-refractivity contribution in [3.05, 3.63) is 0 Å². The molecule has 0 saturated heterocycles. The molecule has 0 fully saturated rings. The molecule has 0 bridgehead atoms. The second-order valence-corrected chi connectivity index (χ2v) is 5.96. The van der Waals surface area contributed by atoms with Gasteiger partial charge in [0.15, 0.2) is 0 Å². The van der Waals surface area contributed by atoms with Gasteiger partial charge in [-0.2, -0.15) is 0 Å². The van der Waals surface area contributed by atoms with Crippen LogP contribution in [-0.4, -0.2) is 5.91 Å². The molecule has 0 rings (SSSR count). The van der Waals surface area contributed by atoms with Gasteiger partial charge < -0.3 is 24.0 Å². The number of carbonyl (C=O) groups is 1. The number of halogens is 1. The summed E-state index contributed by atoms with van der Waals surface area (Å²) in [5, 5.41) is 0. The number of hydrogen-bond acceptors (Lipinski definition) is 1. The van der Waals surface area contributed by atoms with Gasteiger partial charge in [-0.25, -0.2) is 4.79 Å². The molecule has 0 spiro atoms. The van der Waals surface area contributed by atoms with Crippen LogP contribution in [0.4, 0.5) is 0 Å². The average Bonchev–Trinajstić information content (AvgIpc) is 2.12. The van der Waals surface area contributed by atoms with Crippen molar-refractivity contribution >= 4 is 5.91 Å². The molecule has 0 aromatic carbocycles. The van der Waals surface area contributed by atoms with E-state index in [0.717, 1.165) is 5.92 Å². The van der Waals surface area contributed by atoms with Gasteiger partial charge in [-0.3, -0.25) is 5.73 Å². The molecule has 0 aromatic heterocycles. The van der Waals surface area contributed by atoms with Crippen molar-refractivity contribution in [1.82, 2.24) is 0 Å². The quantitative estimate of drug-likeness (QED) is 0.650. The molecule has 0 saturated carbocycles.